The molecule has 0 radical (unpaired) electrons. The standard InChI is InChI=1S/C19H18O2/c20-14-16-10-4-5-11-17(16)19(12-6-7-13-19)18(21)15-8-2-1-3-9-15/h1-5,8-11,14H,6-7,12-13H2. The van der Waals surface area contributed by atoms with Crippen LogP contribution in [0.1, 0.15) is 52.0 Å². The summed E-state index contributed by atoms with van der Waals surface area (Å²) in [5.74, 6) is 0.148. The summed E-state index contributed by atoms with van der Waals surface area (Å²) in [6.45, 7) is 0. The Bertz CT molecular complexity index is 652. The number of hydrogen-bond acceptors (Lipinski definition) is 2. The number of carbonyl (C=O) groups excluding carboxylic acids is 2. The van der Waals surface area contributed by atoms with Crippen LogP contribution >= 0.6 is 0 Å². The molecule has 106 valence electrons. The van der Waals surface area contributed by atoms with Crippen LogP contribution in [0.2, 0.25) is 0 Å². The average molecular weight is 278 g/mol. The highest BCUT2D eigenvalue weighted by Gasteiger charge is 2.43. The van der Waals surface area contributed by atoms with E-state index < -0.39 is 5.41 Å². The number of carbonyl (C=O) groups is 2. The molecule has 2 aromatic rings. The first-order chi connectivity index (χ1) is 10.3. The highest BCUT2D eigenvalue weighted by Crippen LogP contribution is 2.44. The molecule has 0 N–H and O–H groups in total. The van der Waals surface area contributed by atoms with E-state index in [0.29, 0.717) is 5.56 Å². The van der Waals surface area contributed by atoms with Crippen LogP contribution in [0.25, 0.3) is 0 Å². The summed E-state index contributed by atoms with van der Waals surface area (Å²) in [4.78, 5) is 24.5. The Labute approximate surface area is 124 Å². The molecule has 0 amide bonds. The molecule has 0 spiro atoms. The monoisotopic (exact) mass is 278 g/mol. The second-order valence-electron chi connectivity index (χ2n) is 5.69. The fraction of sp³-hybridized carbons (Fsp3) is 0.263. The van der Waals surface area contributed by atoms with Gasteiger partial charge in [0.25, 0.3) is 0 Å². The van der Waals surface area contributed by atoms with Gasteiger partial charge in [-0.2, -0.15) is 0 Å². The van der Waals surface area contributed by atoms with Crippen LogP contribution in [-0.4, -0.2) is 12.1 Å². The van der Waals surface area contributed by atoms with Crippen LogP contribution in [0.3, 0.4) is 0 Å². The van der Waals surface area contributed by atoms with E-state index in [4.69, 9.17) is 0 Å². The lowest BCUT2D eigenvalue weighted by Crippen LogP contribution is -2.34. The van der Waals surface area contributed by atoms with E-state index >= 15 is 0 Å². The van der Waals surface area contributed by atoms with E-state index in [9.17, 15) is 9.59 Å². The van der Waals surface area contributed by atoms with E-state index in [-0.39, 0.29) is 5.78 Å². The van der Waals surface area contributed by atoms with Crippen molar-refractivity contribution >= 4 is 12.1 Å². The van der Waals surface area contributed by atoms with Crippen LogP contribution in [0.15, 0.2) is 54.6 Å². The zero-order chi connectivity index (χ0) is 14.7. The molecule has 0 saturated heterocycles. The molecule has 0 heterocycles. The fourth-order valence-electron chi connectivity index (χ4n) is 3.50. The third kappa shape index (κ3) is 2.31. The summed E-state index contributed by atoms with van der Waals surface area (Å²) in [6.07, 6.45) is 4.59. The van der Waals surface area contributed by atoms with Crippen molar-refractivity contribution in [3.05, 3.63) is 71.3 Å². The summed E-state index contributed by atoms with van der Waals surface area (Å²) in [6, 6.07) is 16.9. The van der Waals surface area contributed by atoms with Gasteiger partial charge >= 0.3 is 0 Å². The largest absolute Gasteiger partial charge is 0.298 e. The number of benzene rings is 2. The SMILES string of the molecule is O=Cc1ccccc1C1(C(=O)c2ccccc2)CCCC1. The number of aldehydes is 1. The smallest absolute Gasteiger partial charge is 0.173 e. The third-order valence-electron chi connectivity index (χ3n) is 4.53. The minimum atomic E-state index is -0.529. The van der Waals surface area contributed by atoms with Gasteiger partial charge in [0.1, 0.15) is 6.29 Å². The van der Waals surface area contributed by atoms with Crippen LogP contribution in [0.5, 0.6) is 0 Å². The van der Waals surface area contributed by atoms with Gasteiger partial charge in [0.15, 0.2) is 5.78 Å². The molecule has 0 unspecified atom stereocenters. The molecular weight excluding hydrogens is 260 g/mol. The molecule has 1 fully saturated rings. The first kappa shape index (κ1) is 13.7. The van der Waals surface area contributed by atoms with E-state index in [1.807, 2.05) is 48.5 Å². The zero-order valence-corrected chi connectivity index (χ0v) is 11.9. The van der Waals surface area contributed by atoms with Gasteiger partial charge in [0.2, 0.25) is 0 Å². The molecule has 1 aliphatic rings. The van der Waals surface area contributed by atoms with Gasteiger partial charge in [-0.05, 0) is 18.4 Å². The van der Waals surface area contributed by atoms with Crippen LogP contribution < -0.4 is 0 Å². The Balaban J connectivity index is 2.12. The molecule has 0 aromatic heterocycles. The lowest BCUT2D eigenvalue weighted by Gasteiger charge is -2.29. The normalized spacial score (nSPS) is 16.6. The summed E-state index contributed by atoms with van der Waals surface area (Å²) >= 11 is 0. The minimum Gasteiger partial charge on any atom is -0.298 e. The van der Waals surface area contributed by atoms with Gasteiger partial charge in [-0.3, -0.25) is 9.59 Å². The van der Waals surface area contributed by atoms with Gasteiger partial charge < -0.3 is 0 Å². The molecule has 2 nitrogen and oxygen atoms in total. The molecule has 0 atom stereocenters. The summed E-state index contributed by atoms with van der Waals surface area (Å²) < 4.78 is 0. The molecule has 2 aromatic carbocycles. The molecule has 1 aliphatic carbocycles. The maximum absolute atomic E-state index is 13.1. The Morgan fingerprint density at radius 1 is 0.905 bits per heavy atom. The van der Waals surface area contributed by atoms with Crippen molar-refractivity contribution in [2.75, 3.05) is 0 Å². The molecule has 0 bridgehead atoms. The van der Waals surface area contributed by atoms with Crippen LogP contribution in [-0.2, 0) is 5.41 Å². The fourth-order valence-corrected chi connectivity index (χ4v) is 3.50. The highest BCUT2D eigenvalue weighted by molar-refractivity contribution is 6.05. The van der Waals surface area contributed by atoms with E-state index in [1.54, 1.807) is 6.07 Å². The van der Waals surface area contributed by atoms with Gasteiger partial charge in [-0.25, -0.2) is 0 Å². The van der Waals surface area contributed by atoms with Crippen molar-refractivity contribution in [2.45, 2.75) is 31.1 Å². The lowest BCUT2D eigenvalue weighted by molar-refractivity contribution is 0.0885. The Hall–Kier alpha value is -2.22. The molecule has 0 aliphatic heterocycles. The van der Waals surface area contributed by atoms with E-state index in [1.165, 1.54) is 0 Å². The number of rotatable bonds is 4. The van der Waals surface area contributed by atoms with Crippen molar-refractivity contribution in [1.29, 1.82) is 0 Å². The van der Waals surface area contributed by atoms with Gasteiger partial charge in [-0.1, -0.05) is 67.4 Å². The predicted molar refractivity (Wildman–Crippen MR) is 82.7 cm³/mol. The number of ketones is 1. The first-order valence-electron chi connectivity index (χ1n) is 7.42. The number of hydrogen-bond donors (Lipinski definition) is 0. The van der Waals surface area contributed by atoms with Crippen molar-refractivity contribution < 1.29 is 9.59 Å². The van der Waals surface area contributed by atoms with Gasteiger partial charge in [-0.15, -0.1) is 0 Å². The highest BCUT2D eigenvalue weighted by atomic mass is 16.1. The second-order valence-corrected chi connectivity index (χ2v) is 5.69. The van der Waals surface area contributed by atoms with Crippen molar-refractivity contribution in [2.24, 2.45) is 0 Å². The predicted octanol–water partition coefficient (Wildman–Crippen LogP) is 4.19. The lowest BCUT2D eigenvalue weighted by atomic mass is 9.71. The number of Topliss-reactive ketones (excluding diaryl/α,β-unsaturated/α-hetero) is 1. The molecule has 21 heavy (non-hydrogen) atoms. The molecule has 2 heteroatoms. The molecular formula is C19H18O2. The van der Waals surface area contributed by atoms with Gasteiger partial charge in [0.05, 0.1) is 5.41 Å². The summed E-state index contributed by atoms with van der Waals surface area (Å²) in [5.41, 5.74) is 1.74. The Morgan fingerprint density at radius 2 is 1.52 bits per heavy atom. The maximum atomic E-state index is 13.1. The summed E-state index contributed by atoms with van der Waals surface area (Å²) in [5, 5.41) is 0. The molecule has 3 rings (SSSR count). The van der Waals surface area contributed by atoms with E-state index in [2.05, 4.69) is 0 Å². The third-order valence-corrected chi connectivity index (χ3v) is 4.53. The van der Waals surface area contributed by atoms with Crippen molar-refractivity contribution in [1.82, 2.24) is 0 Å². The average Bonchev–Trinajstić information content (AvgIpc) is 3.05. The molecule has 1 saturated carbocycles. The van der Waals surface area contributed by atoms with Crippen molar-refractivity contribution in [3.8, 4) is 0 Å². The summed E-state index contributed by atoms with van der Waals surface area (Å²) in [7, 11) is 0. The Kier molecular flexibility index (Phi) is 3.70. The zero-order valence-electron chi connectivity index (χ0n) is 11.9. The quantitative estimate of drug-likeness (QED) is 0.620. The van der Waals surface area contributed by atoms with E-state index in [0.717, 1.165) is 43.1 Å². The second kappa shape index (κ2) is 5.65. The Morgan fingerprint density at radius 3 is 2.19 bits per heavy atom. The first-order valence-corrected chi connectivity index (χ1v) is 7.42. The maximum Gasteiger partial charge on any atom is 0.173 e. The van der Waals surface area contributed by atoms with Crippen LogP contribution in [0.4, 0.5) is 0 Å². The minimum absolute atomic E-state index is 0.148. The van der Waals surface area contributed by atoms with Crippen molar-refractivity contribution in [3.63, 3.8) is 0 Å². The topological polar surface area (TPSA) is 34.1 Å². The van der Waals surface area contributed by atoms with Gasteiger partial charge in [0, 0.05) is 11.1 Å². The van der Waals surface area contributed by atoms with Crippen LogP contribution in [0, 0.1) is 0 Å².